The number of hydrogen-bond donors (Lipinski definition) is 2. The van der Waals surface area contributed by atoms with Gasteiger partial charge in [-0.3, -0.25) is 14.6 Å². The van der Waals surface area contributed by atoms with Crippen LogP contribution in [-0.4, -0.2) is 38.3 Å². The molecule has 2 aromatic carbocycles. The van der Waals surface area contributed by atoms with E-state index in [4.69, 9.17) is 5.73 Å². The van der Waals surface area contributed by atoms with E-state index in [-0.39, 0.29) is 18.0 Å². The minimum atomic E-state index is -0.696. The first-order chi connectivity index (χ1) is 14.5. The van der Waals surface area contributed by atoms with Crippen LogP contribution in [0.3, 0.4) is 0 Å². The predicted octanol–water partition coefficient (Wildman–Crippen LogP) is 2.02. The molecule has 4 rings (SSSR count). The van der Waals surface area contributed by atoms with Gasteiger partial charge in [-0.15, -0.1) is 10.2 Å². The number of hydrazone groups is 1. The van der Waals surface area contributed by atoms with Gasteiger partial charge in [-0.25, -0.2) is 0 Å². The third-order valence-corrected chi connectivity index (χ3v) is 5.57. The van der Waals surface area contributed by atoms with E-state index in [9.17, 15) is 9.59 Å². The van der Waals surface area contributed by atoms with Crippen molar-refractivity contribution in [1.82, 2.24) is 14.8 Å². The second-order valence-electron chi connectivity index (χ2n) is 6.65. The van der Waals surface area contributed by atoms with Crippen molar-refractivity contribution in [3.8, 4) is 0 Å². The van der Waals surface area contributed by atoms with Crippen LogP contribution in [0.15, 0.2) is 76.1 Å². The molecule has 0 spiro atoms. The summed E-state index contributed by atoms with van der Waals surface area (Å²) in [6.45, 7) is 0. The number of nitrogens with zero attached hydrogens (tertiary/aromatic N) is 5. The Morgan fingerprint density at radius 3 is 2.50 bits per heavy atom. The molecule has 1 aliphatic rings. The van der Waals surface area contributed by atoms with Crippen LogP contribution < -0.4 is 16.1 Å². The van der Waals surface area contributed by atoms with E-state index >= 15 is 0 Å². The first-order valence-electron chi connectivity index (χ1n) is 9.15. The van der Waals surface area contributed by atoms with Gasteiger partial charge in [0.25, 0.3) is 5.91 Å². The Morgan fingerprint density at radius 1 is 1.13 bits per heavy atom. The molecule has 0 fully saturated rings. The van der Waals surface area contributed by atoms with Crippen LogP contribution in [0.4, 0.5) is 11.4 Å². The molecule has 0 saturated carbocycles. The molecule has 3 N–H and O–H groups in total. The molecule has 1 aliphatic heterocycles. The minimum absolute atomic E-state index is 0.149. The van der Waals surface area contributed by atoms with E-state index < -0.39 is 11.9 Å². The highest BCUT2D eigenvalue weighted by Crippen LogP contribution is 2.27. The summed E-state index contributed by atoms with van der Waals surface area (Å²) in [6.07, 6.45) is 1.79. The van der Waals surface area contributed by atoms with E-state index in [0.717, 1.165) is 10.1 Å². The molecule has 2 amide bonds. The van der Waals surface area contributed by atoms with Crippen LogP contribution in [0.5, 0.6) is 0 Å². The number of hydrogen-bond acceptors (Lipinski definition) is 7. The van der Waals surface area contributed by atoms with E-state index in [0.29, 0.717) is 11.4 Å². The normalized spacial score (nSPS) is 15.7. The number of nitrogens with two attached hydrogens (primary N) is 1. The maximum absolute atomic E-state index is 12.7. The lowest BCUT2D eigenvalue weighted by Crippen LogP contribution is -2.39. The number of aromatic nitrogens is 3. The molecule has 10 heteroatoms. The summed E-state index contributed by atoms with van der Waals surface area (Å²) < 4.78 is 1.83. The van der Waals surface area contributed by atoms with E-state index in [1.165, 1.54) is 16.8 Å². The first kappa shape index (κ1) is 19.6. The second kappa shape index (κ2) is 8.37. The number of para-hydroxylation sites is 1. The van der Waals surface area contributed by atoms with Crippen LogP contribution >= 0.6 is 11.8 Å². The van der Waals surface area contributed by atoms with Gasteiger partial charge in [0.1, 0.15) is 18.1 Å². The average Bonchev–Trinajstić information content (AvgIpc) is 3.37. The lowest BCUT2D eigenvalue weighted by Gasteiger charge is -2.20. The van der Waals surface area contributed by atoms with Gasteiger partial charge in [0, 0.05) is 24.1 Å². The van der Waals surface area contributed by atoms with Crippen molar-refractivity contribution in [1.29, 1.82) is 0 Å². The molecule has 30 heavy (non-hydrogen) atoms. The van der Waals surface area contributed by atoms with Gasteiger partial charge >= 0.3 is 0 Å². The zero-order valence-corrected chi connectivity index (χ0v) is 16.9. The number of primary amides is 1. The molecular formula is C20H19N7O2S. The Labute approximate surface area is 177 Å². The van der Waals surface area contributed by atoms with Crippen molar-refractivity contribution in [3.63, 3.8) is 0 Å². The number of anilines is 2. The summed E-state index contributed by atoms with van der Waals surface area (Å²) in [6, 6.07) is 15.8. The zero-order valence-electron chi connectivity index (χ0n) is 16.1. The van der Waals surface area contributed by atoms with Crippen LogP contribution in [0.1, 0.15) is 6.42 Å². The highest BCUT2D eigenvalue weighted by atomic mass is 32.2. The van der Waals surface area contributed by atoms with Crippen molar-refractivity contribution in [2.75, 3.05) is 10.3 Å². The van der Waals surface area contributed by atoms with E-state index in [2.05, 4.69) is 20.6 Å². The Kier molecular flexibility index (Phi) is 5.48. The first-order valence-corrected chi connectivity index (χ1v) is 9.97. The standard InChI is InChI=1S/C20H19N7O2S/c1-26-12-22-24-20(26)30-15-9-7-13(8-10-15)23-19(29)16-11-17(18(21)28)27(25-16)14-5-3-2-4-6-14/h2-10,12,17H,11H2,1H3,(H2,21,28)(H,23,29). The molecule has 9 nitrogen and oxygen atoms in total. The molecule has 1 unspecified atom stereocenters. The van der Waals surface area contributed by atoms with Crippen molar-refractivity contribution in [3.05, 3.63) is 60.9 Å². The summed E-state index contributed by atoms with van der Waals surface area (Å²) >= 11 is 1.47. The molecule has 2 heterocycles. The Hall–Kier alpha value is -3.66. The average molecular weight is 421 g/mol. The molecule has 0 saturated heterocycles. The van der Waals surface area contributed by atoms with Crippen LogP contribution in [0.25, 0.3) is 0 Å². The van der Waals surface area contributed by atoms with Crippen molar-refractivity contribution >= 4 is 40.7 Å². The Bertz CT molecular complexity index is 1100. The summed E-state index contributed by atoms with van der Waals surface area (Å²) in [7, 11) is 1.87. The van der Waals surface area contributed by atoms with Gasteiger partial charge in [0.2, 0.25) is 5.91 Å². The molecule has 1 atom stereocenters. The number of aryl methyl sites for hydroxylation is 1. The Balaban J connectivity index is 1.45. The van der Waals surface area contributed by atoms with E-state index in [1.54, 1.807) is 18.5 Å². The molecule has 0 aliphatic carbocycles. The topological polar surface area (TPSA) is 118 Å². The number of carbonyl (C=O) groups is 2. The molecular weight excluding hydrogens is 402 g/mol. The highest BCUT2D eigenvalue weighted by Gasteiger charge is 2.34. The third-order valence-electron chi connectivity index (χ3n) is 4.51. The second-order valence-corrected chi connectivity index (χ2v) is 7.69. The summed E-state index contributed by atoms with van der Waals surface area (Å²) in [4.78, 5) is 25.5. The number of nitrogens with one attached hydrogen (secondary N) is 1. The maximum Gasteiger partial charge on any atom is 0.271 e. The van der Waals surface area contributed by atoms with Crippen molar-refractivity contribution in [2.45, 2.75) is 22.5 Å². The fourth-order valence-electron chi connectivity index (χ4n) is 2.97. The molecule has 1 aromatic heterocycles. The SMILES string of the molecule is Cn1cnnc1Sc1ccc(NC(=O)C2=NN(c3ccccc3)C(C(N)=O)C2)cc1. The lowest BCUT2D eigenvalue weighted by atomic mass is 10.1. The quantitative estimate of drug-likeness (QED) is 0.629. The van der Waals surface area contributed by atoms with Gasteiger partial charge in [0.05, 0.1) is 5.69 Å². The van der Waals surface area contributed by atoms with E-state index in [1.807, 2.05) is 54.1 Å². The van der Waals surface area contributed by atoms with Gasteiger partial charge < -0.3 is 15.6 Å². The predicted molar refractivity (Wildman–Crippen MR) is 114 cm³/mol. The molecule has 0 radical (unpaired) electrons. The molecule has 3 aromatic rings. The fraction of sp³-hybridized carbons (Fsp3) is 0.150. The van der Waals surface area contributed by atoms with Crippen molar-refractivity contribution < 1.29 is 9.59 Å². The van der Waals surface area contributed by atoms with Crippen molar-refractivity contribution in [2.24, 2.45) is 17.9 Å². The smallest absolute Gasteiger partial charge is 0.271 e. The van der Waals surface area contributed by atoms with Crippen LogP contribution in [0, 0.1) is 0 Å². The third kappa shape index (κ3) is 4.18. The van der Waals surface area contributed by atoms with Gasteiger partial charge in [0.15, 0.2) is 5.16 Å². The van der Waals surface area contributed by atoms with Gasteiger partial charge in [-0.2, -0.15) is 5.10 Å². The monoisotopic (exact) mass is 421 g/mol. The largest absolute Gasteiger partial charge is 0.368 e. The summed E-state index contributed by atoms with van der Waals surface area (Å²) in [5.41, 5.74) is 7.10. The molecule has 0 bridgehead atoms. The number of amides is 2. The summed E-state index contributed by atoms with van der Waals surface area (Å²) in [5.74, 6) is -0.899. The van der Waals surface area contributed by atoms with Gasteiger partial charge in [-0.1, -0.05) is 18.2 Å². The number of rotatable bonds is 6. The number of benzene rings is 2. The van der Waals surface area contributed by atoms with Crippen LogP contribution in [0.2, 0.25) is 0 Å². The zero-order chi connectivity index (χ0) is 21.1. The lowest BCUT2D eigenvalue weighted by molar-refractivity contribution is -0.119. The number of carbonyl (C=O) groups excluding carboxylic acids is 2. The maximum atomic E-state index is 12.7. The Morgan fingerprint density at radius 2 is 1.87 bits per heavy atom. The van der Waals surface area contributed by atoms with Crippen LogP contribution in [-0.2, 0) is 16.6 Å². The fourth-order valence-corrected chi connectivity index (χ4v) is 3.73. The van der Waals surface area contributed by atoms with Gasteiger partial charge in [-0.05, 0) is 48.2 Å². The summed E-state index contributed by atoms with van der Waals surface area (Å²) in [5, 5.41) is 17.3. The molecule has 152 valence electrons. The highest BCUT2D eigenvalue weighted by molar-refractivity contribution is 7.99. The minimum Gasteiger partial charge on any atom is -0.368 e.